The first kappa shape index (κ1) is 16.6. The van der Waals surface area contributed by atoms with E-state index in [0.29, 0.717) is 10.7 Å². The third kappa shape index (κ3) is 2.80. The average Bonchev–Trinajstić information content (AvgIpc) is 2.88. The van der Waals surface area contributed by atoms with Gasteiger partial charge in [-0.2, -0.15) is 0 Å². The Morgan fingerprint density at radius 1 is 1.21 bits per heavy atom. The fourth-order valence-corrected chi connectivity index (χ4v) is 3.69. The van der Waals surface area contributed by atoms with Gasteiger partial charge in [-0.1, -0.05) is 37.3 Å². The van der Waals surface area contributed by atoms with E-state index in [1.54, 1.807) is 13.2 Å². The van der Waals surface area contributed by atoms with Crippen molar-refractivity contribution >= 4 is 39.8 Å². The third-order valence-electron chi connectivity index (χ3n) is 4.28. The van der Waals surface area contributed by atoms with Gasteiger partial charge in [-0.3, -0.25) is 14.5 Å². The van der Waals surface area contributed by atoms with Gasteiger partial charge in [0.25, 0.3) is 11.1 Å². The molecule has 2 amide bonds. The number of hydrogen-bond acceptors (Lipinski definition) is 4. The number of hydrogen-bond donors (Lipinski definition) is 0. The van der Waals surface area contributed by atoms with E-state index in [1.165, 1.54) is 4.90 Å². The summed E-state index contributed by atoms with van der Waals surface area (Å²) in [6.07, 6.45) is 2.51. The van der Waals surface area contributed by atoms with Crippen molar-refractivity contribution in [3.8, 4) is 5.75 Å². The lowest BCUT2D eigenvalue weighted by Crippen LogP contribution is -2.36. The molecule has 0 aromatic heterocycles. The summed E-state index contributed by atoms with van der Waals surface area (Å²) < 4.78 is 5.46. The molecule has 1 aliphatic heterocycles. The Bertz CT molecular complexity index is 844. The molecule has 1 saturated heterocycles. The van der Waals surface area contributed by atoms with Gasteiger partial charge in [0.1, 0.15) is 5.75 Å². The fraction of sp³-hybridized carbons (Fsp3) is 0.263. The average molecular weight is 341 g/mol. The molecular formula is C19H19NO3S. The maximum atomic E-state index is 12.6. The number of imide groups is 1. The zero-order valence-corrected chi connectivity index (χ0v) is 14.7. The minimum absolute atomic E-state index is 0.0992. The first-order valence-electron chi connectivity index (χ1n) is 7.89. The summed E-state index contributed by atoms with van der Waals surface area (Å²) >= 11 is 0.991. The van der Waals surface area contributed by atoms with Gasteiger partial charge < -0.3 is 4.74 Å². The van der Waals surface area contributed by atoms with Crippen LogP contribution in [0.3, 0.4) is 0 Å². The van der Waals surface area contributed by atoms with Crippen LogP contribution in [-0.4, -0.2) is 29.2 Å². The molecule has 1 aliphatic rings. The molecule has 3 rings (SSSR count). The number of amides is 2. The maximum absolute atomic E-state index is 12.6. The van der Waals surface area contributed by atoms with E-state index in [2.05, 4.69) is 0 Å². The fourth-order valence-electron chi connectivity index (χ4n) is 2.78. The van der Waals surface area contributed by atoms with E-state index < -0.39 is 0 Å². The molecule has 124 valence electrons. The van der Waals surface area contributed by atoms with Crippen LogP contribution < -0.4 is 4.74 Å². The zero-order valence-electron chi connectivity index (χ0n) is 13.9. The molecule has 0 spiro atoms. The van der Waals surface area contributed by atoms with Gasteiger partial charge in [0.15, 0.2) is 0 Å². The van der Waals surface area contributed by atoms with E-state index in [9.17, 15) is 9.59 Å². The number of fused-ring (bicyclic) bond motifs is 1. The molecule has 0 bridgehead atoms. The van der Waals surface area contributed by atoms with E-state index >= 15 is 0 Å². The summed E-state index contributed by atoms with van der Waals surface area (Å²) in [7, 11) is 1.60. The molecule has 0 radical (unpaired) electrons. The molecule has 0 unspecified atom stereocenters. The predicted molar refractivity (Wildman–Crippen MR) is 98.1 cm³/mol. The molecule has 1 atom stereocenters. The largest absolute Gasteiger partial charge is 0.496 e. The number of rotatable bonds is 4. The van der Waals surface area contributed by atoms with Gasteiger partial charge in [0.05, 0.1) is 12.0 Å². The summed E-state index contributed by atoms with van der Waals surface area (Å²) in [6.45, 7) is 3.85. The number of thioether (sulfide) groups is 1. The molecule has 2 aromatic rings. The highest BCUT2D eigenvalue weighted by Crippen LogP contribution is 2.37. The van der Waals surface area contributed by atoms with Gasteiger partial charge >= 0.3 is 0 Å². The molecular weight excluding hydrogens is 322 g/mol. The molecule has 1 fully saturated rings. The number of ether oxygens (including phenoxy) is 1. The molecule has 0 N–H and O–H groups in total. The van der Waals surface area contributed by atoms with Gasteiger partial charge in [-0.25, -0.2) is 0 Å². The number of nitrogens with zero attached hydrogens (tertiary/aromatic N) is 1. The van der Waals surface area contributed by atoms with Crippen LogP contribution in [0.4, 0.5) is 4.79 Å². The van der Waals surface area contributed by atoms with Crippen LogP contribution in [0, 0.1) is 0 Å². The number of carbonyl (C=O) groups is 2. The van der Waals surface area contributed by atoms with Crippen LogP contribution in [0.5, 0.6) is 5.75 Å². The van der Waals surface area contributed by atoms with Gasteiger partial charge in [-0.05, 0) is 48.0 Å². The minimum Gasteiger partial charge on any atom is -0.496 e. The molecule has 0 aliphatic carbocycles. The predicted octanol–water partition coefficient (Wildman–Crippen LogP) is 4.68. The maximum Gasteiger partial charge on any atom is 0.293 e. The van der Waals surface area contributed by atoms with Gasteiger partial charge in [-0.15, -0.1) is 0 Å². The van der Waals surface area contributed by atoms with E-state index in [-0.39, 0.29) is 17.2 Å². The molecule has 24 heavy (non-hydrogen) atoms. The minimum atomic E-state index is -0.227. The molecule has 0 saturated carbocycles. The lowest BCUT2D eigenvalue weighted by Gasteiger charge is -2.19. The van der Waals surface area contributed by atoms with Crippen LogP contribution >= 0.6 is 11.8 Å². The Morgan fingerprint density at radius 2 is 1.96 bits per heavy atom. The Hall–Kier alpha value is -2.27. The Balaban J connectivity index is 2.10. The summed E-state index contributed by atoms with van der Waals surface area (Å²) in [5.74, 6) is 0.457. The summed E-state index contributed by atoms with van der Waals surface area (Å²) in [5.41, 5.74) is 0.824. The van der Waals surface area contributed by atoms with Crippen LogP contribution in [0.15, 0.2) is 41.3 Å². The molecule has 1 heterocycles. The van der Waals surface area contributed by atoms with Crippen molar-refractivity contribution in [2.24, 2.45) is 0 Å². The SMILES string of the molecule is CC[C@@H](C)N1C(=O)S/C(=C\c2c(OC)ccc3ccccc23)C1=O. The second kappa shape index (κ2) is 6.69. The lowest BCUT2D eigenvalue weighted by atomic mass is 10.0. The monoisotopic (exact) mass is 341 g/mol. The third-order valence-corrected chi connectivity index (χ3v) is 5.16. The quantitative estimate of drug-likeness (QED) is 0.757. The van der Waals surface area contributed by atoms with Crippen molar-refractivity contribution in [3.63, 3.8) is 0 Å². The van der Waals surface area contributed by atoms with Crippen molar-refractivity contribution in [2.75, 3.05) is 7.11 Å². The summed E-state index contributed by atoms with van der Waals surface area (Å²) in [4.78, 5) is 26.6. The van der Waals surface area contributed by atoms with Crippen LogP contribution in [0.1, 0.15) is 25.8 Å². The second-order valence-corrected chi connectivity index (χ2v) is 6.70. The highest BCUT2D eigenvalue weighted by atomic mass is 32.2. The number of carbonyl (C=O) groups excluding carboxylic acids is 2. The molecule has 2 aromatic carbocycles. The second-order valence-electron chi connectivity index (χ2n) is 5.71. The first-order chi connectivity index (χ1) is 11.6. The smallest absolute Gasteiger partial charge is 0.293 e. The number of benzene rings is 2. The van der Waals surface area contributed by atoms with Crippen molar-refractivity contribution in [2.45, 2.75) is 26.3 Å². The summed E-state index contributed by atoms with van der Waals surface area (Å²) in [6, 6.07) is 11.7. The first-order valence-corrected chi connectivity index (χ1v) is 8.71. The molecule has 5 heteroatoms. The highest BCUT2D eigenvalue weighted by molar-refractivity contribution is 8.18. The van der Waals surface area contributed by atoms with Crippen LogP contribution in [0.2, 0.25) is 0 Å². The highest BCUT2D eigenvalue weighted by Gasteiger charge is 2.37. The topological polar surface area (TPSA) is 46.6 Å². The Kier molecular flexibility index (Phi) is 4.62. The van der Waals surface area contributed by atoms with Crippen LogP contribution in [-0.2, 0) is 4.79 Å². The van der Waals surface area contributed by atoms with Crippen molar-refractivity contribution < 1.29 is 14.3 Å². The lowest BCUT2D eigenvalue weighted by molar-refractivity contribution is -0.124. The standard InChI is InChI=1S/C19H19NO3S/c1-4-12(2)20-18(21)17(24-19(20)22)11-15-14-8-6-5-7-13(14)9-10-16(15)23-3/h5-12H,4H2,1-3H3/b17-11-/t12-/m1/s1. The van der Waals surface area contributed by atoms with Crippen molar-refractivity contribution in [3.05, 3.63) is 46.9 Å². The van der Waals surface area contributed by atoms with E-state index in [1.807, 2.05) is 50.2 Å². The van der Waals surface area contributed by atoms with Gasteiger partial charge in [0.2, 0.25) is 0 Å². The van der Waals surface area contributed by atoms with Crippen molar-refractivity contribution in [1.29, 1.82) is 0 Å². The van der Waals surface area contributed by atoms with Crippen LogP contribution in [0.25, 0.3) is 16.8 Å². The Labute approximate surface area is 145 Å². The van der Waals surface area contributed by atoms with E-state index in [0.717, 1.165) is 34.5 Å². The normalized spacial score (nSPS) is 17.8. The Morgan fingerprint density at radius 3 is 2.67 bits per heavy atom. The van der Waals surface area contributed by atoms with Gasteiger partial charge in [0, 0.05) is 11.6 Å². The number of methoxy groups -OCH3 is 1. The summed E-state index contributed by atoms with van der Waals surface area (Å²) in [5, 5.41) is 1.85. The van der Waals surface area contributed by atoms with E-state index in [4.69, 9.17) is 4.74 Å². The zero-order chi connectivity index (χ0) is 17.3. The molecule has 4 nitrogen and oxygen atoms in total. The van der Waals surface area contributed by atoms with Crippen molar-refractivity contribution in [1.82, 2.24) is 4.90 Å².